The fourth-order valence-corrected chi connectivity index (χ4v) is 0.291. The van der Waals surface area contributed by atoms with Gasteiger partial charge in [-0.3, -0.25) is 9.59 Å². The maximum Gasteiger partial charge on any atom is 0.241 e. The van der Waals surface area contributed by atoms with Crippen LogP contribution >= 0.6 is 0 Å². The Labute approximate surface area is 52.5 Å². The molecule has 0 aliphatic carbocycles. The molecular weight excluding hydrogens is 120 g/mol. The molecule has 0 unspecified atom stereocenters. The van der Waals surface area contributed by atoms with E-state index in [9.17, 15) is 9.59 Å². The molecule has 4 N–H and O–H groups in total. The van der Waals surface area contributed by atoms with Crippen LogP contribution in [0.15, 0.2) is 12.2 Å². The summed E-state index contributed by atoms with van der Waals surface area (Å²) in [6.07, 6.45) is 2.48. The number of hydrogen-bond donors (Lipinski definition) is 2. The van der Waals surface area contributed by atoms with Crippen molar-refractivity contribution in [2.45, 2.75) is 6.42 Å². The summed E-state index contributed by atoms with van der Waals surface area (Å²) >= 11 is 0. The van der Waals surface area contributed by atoms with Gasteiger partial charge in [-0.2, -0.15) is 0 Å². The zero-order valence-electron chi connectivity index (χ0n) is 4.83. The molecule has 0 aliphatic rings. The van der Waals surface area contributed by atoms with Crippen molar-refractivity contribution < 1.29 is 9.59 Å². The fraction of sp³-hybridized carbons (Fsp3) is 0.200. The average Bonchev–Trinajstić information content (AvgIpc) is 1.63. The maximum atomic E-state index is 10.00. The third-order valence-electron chi connectivity index (χ3n) is 0.601. The molecule has 0 fully saturated rings. The minimum Gasteiger partial charge on any atom is -0.369 e. The lowest BCUT2D eigenvalue weighted by Gasteiger charge is -1.81. The lowest BCUT2D eigenvalue weighted by Crippen LogP contribution is -2.10. The van der Waals surface area contributed by atoms with Gasteiger partial charge in [-0.15, -0.1) is 0 Å². The minimum absolute atomic E-state index is 0.0585. The standard InChI is InChI=1S/C5H8N2O2/c6-4(8)2-1-3-5(7)9/h1-2H,3H2,(H2,6,8)(H2,7,9)/b2-1-. The summed E-state index contributed by atoms with van der Waals surface area (Å²) in [7, 11) is 0. The molecule has 0 radical (unpaired) electrons. The Hall–Kier alpha value is -1.32. The van der Waals surface area contributed by atoms with Gasteiger partial charge in [-0.1, -0.05) is 6.08 Å². The van der Waals surface area contributed by atoms with E-state index >= 15 is 0 Å². The molecule has 9 heavy (non-hydrogen) atoms. The van der Waals surface area contributed by atoms with Crippen molar-refractivity contribution in [2.75, 3.05) is 0 Å². The molecule has 2 amide bonds. The molecule has 4 nitrogen and oxygen atoms in total. The maximum absolute atomic E-state index is 10.00. The Morgan fingerprint density at radius 3 is 2.22 bits per heavy atom. The zero-order chi connectivity index (χ0) is 7.28. The van der Waals surface area contributed by atoms with E-state index in [0.717, 1.165) is 6.08 Å². The second kappa shape index (κ2) is 3.65. The molecule has 50 valence electrons. The summed E-state index contributed by atoms with van der Waals surface area (Å²) in [4.78, 5) is 20.0. The summed E-state index contributed by atoms with van der Waals surface area (Å²) in [5.74, 6) is -1.05. The van der Waals surface area contributed by atoms with Crippen LogP contribution in [0.1, 0.15) is 6.42 Å². The quantitative estimate of drug-likeness (QED) is 0.473. The summed E-state index contributed by atoms with van der Waals surface area (Å²) in [5.41, 5.74) is 9.44. The predicted octanol–water partition coefficient (Wildman–Crippen LogP) is -1.10. The van der Waals surface area contributed by atoms with Gasteiger partial charge in [0.25, 0.3) is 0 Å². The van der Waals surface area contributed by atoms with Gasteiger partial charge in [0, 0.05) is 6.42 Å². The molecule has 0 saturated heterocycles. The minimum atomic E-state index is -0.573. The van der Waals surface area contributed by atoms with Crippen molar-refractivity contribution in [1.82, 2.24) is 0 Å². The second-order valence-corrected chi connectivity index (χ2v) is 1.48. The van der Waals surface area contributed by atoms with Crippen LogP contribution in [0.3, 0.4) is 0 Å². The van der Waals surface area contributed by atoms with E-state index in [0.29, 0.717) is 0 Å². The van der Waals surface area contributed by atoms with Gasteiger partial charge < -0.3 is 11.5 Å². The third kappa shape index (κ3) is 6.68. The Bertz CT molecular complexity index is 151. The number of nitrogens with two attached hydrogens (primary N) is 2. The Morgan fingerprint density at radius 1 is 1.33 bits per heavy atom. The normalized spacial score (nSPS) is 9.78. The van der Waals surface area contributed by atoms with Crippen molar-refractivity contribution in [3.05, 3.63) is 12.2 Å². The van der Waals surface area contributed by atoms with Crippen LogP contribution in [-0.4, -0.2) is 11.8 Å². The van der Waals surface area contributed by atoms with E-state index < -0.39 is 11.8 Å². The van der Waals surface area contributed by atoms with E-state index in [1.54, 1.807) is 0 Å². The summed E-state index contributed by atoms with van der Waals surface area (Å²) in [6, 6.07) is 0. The van der Waals surface area contributed by atoms with Crippen molar-refractivity contribution in [3.63, 3.8) is 0 Å². The molecule has 4 heteroatoms. The van der Waals surface area contributed by atoms with Gasteiger partial charge in [-0.25, -0.2) is 0 Å². The highest BCUT2D eigenvalue weighted by atomic mass is 16.1. The van der Waals surface area contributed by atoms with Crippen molar-refractivity contribution in [1.29, 1.82) is 0 Å². The van der Waals surface area contributed by atoms with Gasteiger partial charge in [0.1, 0.15) is 0 Å². The molecule has 0 aromatic carbocycles. The van der Waals surface area contributed by atoms with E-state index in [4.69, 9.17) is 11.5 Å². The monoisotopic (exact) mass is 128 g/mol. The number of primary amides is 2. The largest absolute Gasteiger partial charge is 0.369 e. The van der Waals surface area contributed by atoms with Crippen LogP contribution in [0.4, 0.5) is 0 Å². The first-order valence-electron chi connectivity index (χ1n) is 2.37. The Kier molecular flexibility index (Phi) is 3.12. The molecule has 0 aliphatic heterocycles. The van der Waals surface area contributed by atoms with Crippen LogP contribution in [-0.2, 0) is 9.59 Å². The lowest BCUT2D eigenvalue weighted by molar-refractivity contribution is -0.117. The Balaban J connectivity index is 3.48. The highest BCUT2D eigenvalue weighted by Gasteiger charge is 1.86. The molecule has 0 rings (SSSR count). The number of carbonyl (C=O) groups is 2. The van der Waals surface area contributed by atoms with Gasteiger partial charge in [0.15, 0.2) is 0 Å². The highest BCUT2D eigenvalue weighted by Crippen LogP contribution is 1.78. The molecule has 0 heterocycles. The first kappa shape index (κ1) is 7.68. The van der Waals surface area contributed by atoms with E-state index in [2.05, 4.69) is 0 Å². The molecular formula is C5H8N2O2. The van der Waals surface area contributed by atoms with Gasteiger partial charge >= 0.3 is 0 Å². The fourth-order valence-electron chi connectivity index (χ4n) is 0.291. The Morgan fingerprint density at radius 2 is 1.89 bits per heavy atom. The molecule has 0 saturated carbocycles. The molecule has 0 aromatic rings. The summed E-state index contributed by atoms with van der Waals surface area (Å²) in [5, 5.41) is 0. The van der Waals surface area contributed by atoms with Gasteiger partial charge in [-0.05, 0) is 6.08 Å². The van der Waals surface area contributed by atoms with Gasteiger partial charge in [0.05, 0.1) is 0 Å². The topological polar surface area (TPSA) is 86.2 Å². The SMILES string of the molecule is NC(=O)/C=C\CC(N)=O. The van der Waals surface area contributed by atoms with Crippen LogP contribution in [0.2, 0.25) is 0 Å². The zero-order valence-corrected chi connectivity index (χ0v) is 4.83. The second-order valence-electron chi connectivity index (χ2n) is 1.48. The van der Waals surface area contributed by atoms with Crippen molar-refractivity contribution in [2.24, 2.45) is 11.5 Å². The van der Waals surface area contributed by atoms with E-state index in [1.165, 1.54) is 6.08 Å². The number of carbonyl (C=O) groups excluding carboxylic acids is 2. The highest BCUT2D eigenvalue weighted by molar-refractivity contribution is 5.86. The van der Waals surface area contributed by atoms with Crippen LogP contribution in [0, 0.1) is 0 Å². The smallest absolute Gasteiger partial charge is 0.241 e. The number of amides is 2. The molecule has 0 bridgehead atoms. The van der Waals surface area contributed by atoms with Gasteiger partial charge in [0.2, 0.25) is 11.8 Å². The van der Waals surface area contributed by atoms with Crippen LogP contribution in [0.5, 0.6) is 0 Å². The van der Waals surface area contributed by atoms with Crippen molar-refractivity contribution in [3.8, 4) is 0 Å². The number of hydrogen-bond acceptors (Lipinski definition) is 2. The molecule has 0 aromatic heterocycles. The predicted molar refractivity (Wildman–Crippen MR) is 32.1 cm³/mol. The van der Waals surface area contributed by atoms with E-state index in [-0.39, 0.29) is 6.42 Å². The van der Waals surface area contributed by atoms with Crippen LogP contribution in [0.25, 0.3) is 0 Å². The number of rotatable bonds is 3. The lowest BCUT2D eigenvalue weighted by atomic mass is 10.3. The first-order chi connectivity index (χ1) is 4.13. The third-order valence-corrected chi connectivity index (χ3v) is 0.601. The molecule has 0 atom stereocenters. The van der Waals surface area contributed by atoms with Crippen molar-refractivity contribution >= 4 is 11.8 Å². The average molecular weight is 128 g/mol. The first-order valence-corrected chi connectivity index (χ1v) is 2.37. The summed E-state index contributed by atoms with van der Waals surface area (Å²) < 4.78 is 0. The van der Waals surface area contributed by atoms with E-state index in [1.807, 2.05) is 0 Å². The summed E-state index contributed by atoms with van der Waals surface area (Å²) in [6.45, 7) is 0. The molecule has 0 spiro atoms. The van der Waals surface area contributed by atoms with Crippen LogP contribution < -0.4 is 11.5 Å².